The molecule has 3 nitrogen and oxygen atoms in total. The highest BCUT2D eigenvalue weighted by Gasteiger charge is 2.08. The molecule has 0 saturated heterocycles. The minimum Gasteiger partial charge on any atom is -0.383 e. The highest BCUT2D eigenvalue weighted by Crippen LogP contribution is 2.16. The van der Waals surface area contributed by atoms with Crippen LogP contribution in [0.1, 0.15) is 30.7 Å². The molecule has 96 valence electrons. The number of ether oxygens (including phenoxy) is 1. The van der Waals surface area contributed by atoms with Gasteiger partial charge in [-0.2, -0.15) is 0 Å². The first-order valence-corrected chi connectivity index (χ1v) is 5.97. The highest BCUT2D eigenvalue weighted by molar-refractivity contribution is 5.84. The Balaban J connectivity index is 0.00000121. The van der Waals surface area contributed by atoms with Crippen LogP contribution in [0.2, 0.25) is 0 Å². The fourth-order valence-electron chi connectivity index (χ4n) is 1.64. The average molecular weight is 236 g/mol. The van der Waals surface area contributed by atoms with E-state index in [1.54, 1.807) is 14.2 Å². The smallest absolute Gasteiger partial charge is 0.0664 e. The normalized spacial score (nSPS) is 10.2. The van der Waals surface area contributed by atoms with E-state index in [4.69, 9.17) is 4.74 Å². The van der Waals surface area contributed by atoms with Gasteiger partial charge in [-0.05, 0) is 12.5 Å². The molecule has 0 aliphatic carbocycles. The fourth-order valence-corrected chi connectivity index (χ4v) is 1.64. The number of rotatable bonds is 5. The van der Waals surface area contributed by atoms with Crippen molar-refractivity contribution in [2.24, 2.45) is 4.99 Å². The lowest BCUT2D eigenvalue weighted by Gasteiger charge is -2.05. The van der Waals surface area contributed by atoms with Gasteiger partial charge in [0.15, 0.2) is 0 Å². The second kappa shape index (κ2) is 8.76. The minimum atomic E-state index is 0.704. The molecule has 0 radical (unpaired) electrons. The molecule has 0 atom stereocenters. The molecule has 0 aromatic carbocycles. The van der Waals surface area contributed by atoms with Gasteiger partial charge in [-0.3, -0.25) is 4.99 Å². The Morgan fingerprint density at radius 1 is 1.47 bits per heavy atom. The van der Waals surface area contributed by atoms with E-state index in [2.05, 4.69) is 29.3 Å². The van der Waals surface area contributed by atoms with Crippen LogP contribution in [0.4, 0.5) is 0 Å². The zero-order chi connectivity index (χ0) is 13.3. The molecule has 0 fully saturated rings. The maximum atomic E-state index is 5.07. The molecule has 1 heterocycles. The molecule has 1 aromatic rings. The summed E-state index contributed by atoms with van der Waals surface area (Å²) in [5, 5.41) is 0. The van der Waals surface area contributed by atoms with Gasteiger partial charge in [0, 0.05) is 38.7 Å². The van der Waals surface area contributed by atoms with Crippen molar-refractivity contribution in [1.29, 1.82) is 0 Å². The third kappa shape index (κ3) is 4.19. The predicted molar refractivity (Wildman–Crippen MR) is 76.0 cm³/mol. The SMILES string of the molecule is C=Cc1c(C)cn(CCOC)c1C=NC.CC. The quantitative estimate of drug-likeness (QED) is 0.721. The Labute approximate surface area is 105 Å². The fraction of sp³-hybridized carbons (Fsp3) is 0.500. The molecule has 0 bridgehead atoms. The van der Waals surface area contributed by atoms with Gasteiger partial charge in [0.2, 0.25) is 0 Å². The zero-order valence-corrected chi connectivity index (χ0v) is 11.7. The summed E-state index contributed by atoms with van der Waals surface area (Å²) in [6.45, 7) is 11.4. The van der Waals surface area contributed by atoms with Crippen molar-refractivity contribution >= 4 is 12.3 Å². The van der Waals surface area contributed by atoms with Crippen LogP contribution < -0.4 is 0 Å². The standard InChI is InChI=1S/C12H18N2O.C2H6/c1-5-11-10(2)9-14(6-7-15-4)12(11)8-13-3;1-2/h5,8-9H,1,6-7H2,2-4H3;1-2H3. The summed E-state index contributed by atoms with van der Waals surface area (Å²) in [6.07, 6.45) is 5.84. The molecule has 17 heavy (non-hydrogen) atoms. The Hall–Kier alpha value is -1.35. The van der Waals surface area contributed by atoms with E-state index in [9.17, 15) is 0 Å². The van der Waals surface area contributed by atoms with Crippen molar-refractivity contribution in [2.45, 2.75) is 27.3 Å². The molecule has 0 unspecified atom stereocenters. The van der Waals surface area contributed by atoms with Gasteiger partial charge in [0.05, 0.1) is 12.3 Å². The predicted octanol–water partition coefficient (Wildman–Crippen LogP) is 3.16. The first kappa shape index (κ1) is 15.7. The van der Waals surface area contributed by atoms with Crippen molar-refractivity contribution in [3.8, 4) is 0 Å². The highest BCUT2D eigenvalue weighted by atomic mass is 16.5. The van der Waals surface area contributed by atoms with Gasteiger partial charge in [0.25, 0.3) is 0 Å². The van der Waals surface area contributed by atoms with Crippen LogP contribution in [0.15, 0.2) is 17.8 Å². The van der Waals surface area contributed by atoms with Gasteiger partial charge >= 0.3 is 0 Å². The van der Waals surface area contributed by atoms with Crippen molar-refractivity contribution < 1.29 is 4.74 Å². The zero-order valence-electron chi connectivity index (χ0n) is 11.7. The number of hydrogen-bond donors (Lipinski definition) is 0. The molecule has 0 aliphatic heterocycles. The number of aliphatic imine (C=N–C) groups is 1. The van der Waals surface area contributed by atoms with Gasteiger partial charge in [0.1, 0.15) is 0 Å². The van der Waals surface area contributed by atoms with E-state index >= 15 is 0 Å². The molecule has 0 spiro atoms. The summed E-state index contributed by atoms with van der Waals surface area (Å²) in [5.74, 6) is 0. The van der Waals surface area contributed by atoms with Crippen LogP contribution in [0.3, 0.4) is 0 Å². The summed E-state index contributed by atoms with van der Waals surface area (Å²) in [7, 11) is 3.48. The molecule has 0 amide bonds. The Morgan fingerprint density at radius 3 is 2.59 bits per heavy atom. The van der Waals surface area contributed by atoms with E-state index in [0.717, 1.165) is 17.8 Å². The topological polar surface area (TPSA) is 26.5 Å². The molecule has 0 N–H and O–H groups in total. The first-order valence-electron chi connectivity index (χ1n) is 5.97. The van der Waals surface area contributed by atoms with Gasteiger partial charge in [-0.1, -0.05) is 26.5 Å². The van der Waals surface area contributed by atoms with E-state index in [1.165, 1.54) is 5.56 Å². The minimum absolute atomic E-state index is 0.704. The van der Waals surface area contributed by atoms with Gasteiger partial charge in [-0.25, -0.2) is 0 Å². The lowest BCUT2D eigenvalue weighted by atomic mass is 10.2. The number of aryl methyl sites for hydroxylation is 1. The van der Waals surface area contributed by atoms with Crippen LogP contribution >= 0.6 is 0 Å². The number of hydrogen-bond acceptors (Lipinski definition) is 2. The third-order valence-electron chi connectivity index (χ3n) is 2.35. The molecule has 1 aromatic heterocycles. The molecule has 0 saturated carbocycles. The summed E-state index contributed by atoms with van der Waals surface area (Å²) in [4.78, 5) is 4.06. The van der Waals surface area contributed by atoms with Crippen molar-refractivity contribution in [1.82, 2.24) is 4.57 Å². The lowest BCUT2D eigenvalue weighted by molar-refractivity contribution is 0.187. The van der Waals surface area contributed by atoms with E-state index in [0.29, 0.717) is 6.61 Å². The Kier molecular flexibility index (Phi) is 8.07. The van der Waals surface area contributed by atoms with E-state index in [1.807, 2.05) is 26.1 Å². The third-order valence-corrected chi connectivity index (χ3v) is 2.35. The second-order valence-electron chi connectivity index (χ2n) is 3.39. The van der Waals surface area contributed by atoms with Crippen LogP contribution in [-0.2, 0) is 11.3 Å². The summed E-state index contributed by atoms with van der Waals surface area (Å²) in [6, 6.07) is 0. The van der Waals surface area contributed by atoms with Crippen molar-refractivity contribution in [3.05, 3.63) is 29.6 Å². The van der Waals surface area contributed by atoms with Gasteiger partial charge < -0.3 is 9.30 Å². The first-order chi connectivity index (χ1) is 8.24. The van der Waals surface area contributed by atoms with E-state index < -0.39 is 0 Å². The Morgan fingerprint density at radius 2 is 2.12 bits per heavy atom. The molecule has 0 aliphatic rings. The summed E-state index contributed by atoms with van der Waals surface area (Å²) < 4.78 is 7.21. The number of methoxy groups -OCH3 is 1. The number of aromatic nitrogens is 1. The maximum absolute atomic E-state index is 5.07. The molecular formula is C14H24N2O. The van der Waals surface area contributed by atoms with Crippen molar-refractivity contribution in [2.75, 3.05) is 20.8 Å². The molecular weight excluding hydrogens is 212 g/mol. The largest absolute Gasteiger partial charge is 0.383 e. The van der Waals surface area contributed by atoms with Crippen LogP contribution in [0, 0.1) is 6.92 Å². The number of nitrogens with zero attached hydrogens (tertiary/aromatic N) is 2. The Bertz CT molecular complexity index is 365. The summed E-state index contributed by atoms with van der Waals surface area (Å²) in [5.41, 5.74) is 3.47. The second-order valence-corrected chi connectivity index (χ2v) is 3.39. The van der Waals surface area contributed by atoms with Crippen molar-refractivity contribution in [3.63, 3.8) is 0 Å². The van der Waals surface area contributed by atoms with Crippen LogP contribution in [0.5, 0.6) is 0 Å². The van der Waals surface area contributed by atoms with Gasteiger partial charge in [-0.15, -0.1) is 0 Å². The van der Waals surface area contributed by atoms with Crippen LogP contribution in [0.25, 0.3) is 6.08 Å². The molecule has 3 heteroatoms. The van der Waals surface area contributed by atoms with E-state index in [-0.39, 0.29) is 0 Å². The summed E-state index contributed by atoms with van der Waals surface area (Å²) >= 11 is 0. The maximum Gasteiger partial charge on any atom is 0.0664 e. The lowest BCUT2D eigenvalue weighted by Crippen LogP contribution is -2.06. The average Bonchev–Trinajstić information content (AvgIpc) is 2.65. The van der Waals surface area contributed by atoms with Crippen LogP contribution in [-0.4, -0.2) is 31.5 Å². The monoisotopic (exact) mass is 236 g/mol. The molecule has 1 rings (SSSR count).